The van der Waals surface area contributed by atoms with Gasteiger partial charge in [-0.2, -0.15) is 5.26 Å². The molecule has 1 fully saturated rings. The van der Waals surface area contributed by atoms with E-state index in [1.165, 1.54) is 0 Å². The summed E-state index contributed by atoms with van der Waals surface area (Å²) in [6, 6.07) is 8.86. The zero-order valence-electron chi connectivity index (χ0n) is 13.8. The van der Waals surface area contributed by atoms with Crippen LogP contribution in [0.2, 0.25) is 0 Å². The predicted molar refractivity (Wildman–Crippen MR) is 88.7 cm³/mol. The van der Waals surface area contributed by atoms with Crippen molar-refractivity contribution in [3.63, 3.8) is 0 Å². The number of amides is 2. The molecule has 0 aromatic heterocycles. The van der Waals surface area contributed by atoms with Crippen molar-refractivity contribution in [2.45, 2.75) is 51.7 Å². The lowest BCUT2D eigenvalue weighted by Crippen LogP contribution is -2.48. The molecule has 0 radical (unpaired) electrons. The molecule has 1 aliphatic rings. The van der Waals surface area contributed by atoms with Crippen molar-refractivity contribution in [1.29, 1.82) is 5.26 Å². The van der Waals surface area contributed by atoms with E-state index in [1.54, 1.807) is 12.1 Å². The largest absolute Gasteiger partial charge is 0.392 e. The Labute approximate surface area is 137 Å². The monoisotopic (exact) mass is 315 g/mol. The fourth-order valence-corrected chi connectivity index (χ4v) is 3.05. The molecule has 0 heterocycles. The smallest absolute Gasteiger partial charge is 0.315 e. The average Bonchev–Trinajstić information content (AvgIpc) is 2.56. The van der Waals surface area contributed by atoms with Gasteiger partial charge in [0, 0.05) is 12.0 Å². The quantitative estimate of drug-likeness (QED) is 0.798. The number of aliphatic hydroxyl groups excluding tert-OH is 1. The van der Waals surface area contributed by atoms with Crippen LogP contribution in [-0.2, 0) is 0 Å². The molecular formula is C18H25N3O2. The second kappa shape index (κ2) is 7.47. The fourth-order valence-electron chi connectivity index (χ4n) is 3.05. The van der Waals surface area contributed by atoms with E-state index in [4.69, 9.17) is 5.26 Å². The molecule has 0 spiro atoms. The van der Waals surface area contributed by atoms with E-state index in [2.05, 4.69) is 16.7 Å². The Hall–Kier alpha value is -2.06. The number of carbonyl (C=O) groups excluding carboxylic acids is 1. The summed E-state index contributed by atoms with van der Waals surface area (Å²) in [5.41, 5.74) is 1.31. The van der Waals surface area contributed by atoms with Gasteiger partial charge in [0.05, 0.1) is 23.8 Å². The summed E-state index contributed by atoms with van der Waals surface area (Å²) in [6.45, 7) is 4.40. The third-order valence-corrected chi connectivity index (χ3v) is 4.82. The van der Waals surface area contributed by atoms with Gasteiger partial charge in [0.1, 0.15) is 0 Å². The number of nitrogens with one attached hydrogen (secondary N) is 2. The van der Waals surface area contributed by atoms with Gasteiger partial charge in [-0.05, 0) is 37.5 Å². The lowest BCUT2D eigenvalue weighted by Gasteiger charge is -2.38. The van der Waals surface area contributed by atoms with E-state index in [-0.39, 0.29) is 23.6 Å². The summed E-state index contributed by atoms with van der Waals surface area (Å²) >= 11 is 0. The van der Waals surface area contributed by atoms with Crippen molar-refractivity contribution in [3.8, 4) is 6.07 Å². The molecule has 0 aliphatic heterocycles. The molecule has 1 aromatic carbocycles. The van der Waals surface area contributed by atoms with Crippen molar-refractivity contribution >= 4 is 6.03 Å². The summed E-state index contributed by atoms with van der Waals surface area (Å²) in [7, 11) is 0. The number of nitrogens with zero attached hydrogens (tertiary/aromatic N) is 1. The van der Waals surface area contributed by atoms with Crippen molar-refractivity contribution < 1.29 is 9.90 Å². The minimum absolute atomic E-state index is 0.146. The molecule has 2 rings (SSSR count). The van der Waals surface area contributed by atoms with Gasteiger partial charge in [-0.1, -0.05) is 31.9 Å². The summed E-state index contributed by atoms with van der Waals surface area (Å²) in [6.07, 6.45) is 3.53. The standard InChI is InChI=1S/C18H25N3O2/c1-13(15-8-6-14(11-19)7-9-15)21-17(23)20-12-18(2)10-4-3-5-16(18)22/h6-9,13,16,22H,3-5,10,12H2,1-2H3,(H2,20,21,23)/t13-,16-,18-/m0/s1. The second-order valence-corrected chi connectivity index (χ2v) is 6.70. The highest BCUT2D eigenvalue weighted by Crippen LogP contribution is 2.35. The minimum Gasteiger partial charge on any atom is -0.392 e. The molecule has 0 unspecified atom stereocenters. The second-order valence-electron chi connectivity index (χ2n) is 6.70. The lowest BCUT2D eigenvalue weighted by molar-refractivity contribution is 0.00305. The molecule has 23 heavy (non-hydrogen) atoms. The number of carbonyl (C=O) groups is 1. The maximum Gasteiger partial charge on any atom is 0.315 e. The van der Waals surface area contributed by atoms with Gasteiger partial charge < -0.3 is 15.7 Å². The maximum atomic E-state index is 12.1. The molecule has 2 amide bonds. The maximum absolute atomic E-state index is 12.1. The first kappa shape index (κ1) is 17.3. The third-order valence-electron chi connectivity index (χ3n) is 4.82. The average molecular weight is 315 g/mol. The molecule has 1 aliphatic carbocycles. The van der Waals surface area contributed by atoms with E-state index in [1.807, 2.05) is 26.0 Å². The first-order chi connectivity index (χ1) is 10.9. The van der Waals surface area contributed by atoms with Crippen molar-refractivity contribution in [1.82, 2.24) is 10.6 Å². The van der Waals surface area contributed by atoms with Crippen LogP contribution in [0.25, 0.3) is 0 Å². The molecule has 0 bridgehead atoms. The first-order valence-corrected chi connectivity index (χ1v) is 8.17. The van der Waals surface area contributed by atoms with Gasteiger partial charge in [-0.25, -0.2) is 4.79 Å². The molecule has 3 atom stereocenters. The van der Waals surface area contributed by atoms with Crippen molar-refractivity contribution in [2.24, 2.45) is 5.41 Å². The number of urea groups is 1. The van der Waals surface area contributed by atoms with E-state index < -0.39 is 0 Å². The zero-order chi connectivity index (χ0) is 16.9. The van der Waals surface area contributed by atoms with Gasteiger partial charge in [-0.15, -0.1) is 0 Å². The van der Waals surface area contributed by atoms with Gasteiger partial charge in [0.2, 0.25) is 0 Å². The Morgan fingerprint density at radius 1 is 1.43 bits per heavy atom. The Morgan fingerprint density at radius 2 is 2.13 bits per heavy atom. The van der Waals surface area contributed by atoms with Gasteiger partial charge in [0.15, 0.2) is 0 Å². The van der Waals surface area contributed by atoms with Crippen LogP contribution in [0.3, 0.4) is 0 Å². The lowest BCUT2D eigenvalue weighted by atomic mass is 9.73. The molecular weight excluding hydrogens is 290 g/mol. The highest BCUT2D eigenvalue weighted by atomic mass is 16.3. The minimum atomic E-state index is -0.354. The molecule has 3 N–H and O–H groups in total. The highest BCUT2D eigenvalue weighted by molar-refractivity contribution is 5.74. The first-order valence-electron chi connectivity index (χ1n) is 8.17. The summed E-state index contributed by atoms with van der Waals surface area (Å²) in [4.78, 5) is 12.1. The number of hydrogen-bond donors (Lipinski definition) is 3. The summed E-state index contributed by atoms with van der Waals surface area (Å²) in [5.74, 6) is 0. The number of aliphatic hydroxyl groups is 1. The Bertz CT molecular complexity index is 579. The number of rotatable bonds is 4. The molecule has 5 heteroatoms. The van der Waals surface area contributed by atoms with E-state index >= 15 is 0 Å². The van der Waals surface area contributed by atoms with Crippen LogP contribution in [0.1, 0.15) is 56.7 Å². The number of benzene rings is 1. The van der Waals surface area contributed by atoms with Crippen LogP contribution in [0.5, 0.6) is 0 Å². The zero-order valence-corrected chi connectivity index (χ0v) is 13.8. The number of hydrogen-bond acceptors (Lipinski definition) is 3. The molecule has 1 saturated carbocycles. The van der Waals surface area contributed by atoms with E-state index in [0.717, 1.165) is 31.2 Å². The SMILES string of the molecule is C[C@H](NC(=O)NC[C@]1(C)CCCC[C@@H]1O)c1ccc(C#N)cc1. The van der Waals surface area contributed by atoms with Crippen LogP contribution in [0.4, 0.5) is 4.79 Å². The topological polar surface area (TPSA) is 85.2 Å². The summed E-state index contributed by atoms with van der Waals surface area (Å²) in [5, 5.41) is 24.7. The Kier molecular flexibility index (Phi) is 5.62. The van der Waals surface area contributed by atoms with E-state index in [0.29, 0.717) is 12.1 Å². The predicted octanol–water partition coefficient (Wildman–Crippen LogP) is 2.86. The molecule has 0 saturated heterocycles. The highest BCUT2D eigenvalue weighted by Gasteiger charge is 2.35. The van der Waals surface area contributed by atoms with Crippen LogP contribution >= 0.6 is 0 Å². The van der Waals surface area contributed by atoms with Gasteiger partial charge in [0.25, 0.3) is 0 Å². The molecule has 124 valence electrons. The normalized spacial score (nSPS) is 25.2. The van der Waals surface area contributed by atoms with Crippen LogP contribution in [0, 0.1) is 16.7 Å². The van der Waals surface area contributed by atoms with E-state index in [9.17, 15) is 9.90 Å². The Balaban J connectivity index is 1.85. The Morgan fingerprint density at radius 3 is 2.74 bits per heavy atom. The van der Waals surface area contributed by atoms with Crippen molar-refractivity contribution in [2.75, 3.05) is 6.54 Å². The van der Waals surface area contributed by atoms with Crippen molar-refractivity contribution in [3.05, 3.63) is 35.4 Å². The summed E-state index contributed by atoms with van der Waals surface area (Å²) < 4.78 is 0. The number of nitriles is 1. The fraction of sp³-hybridized carbons (Fsp3) is 0.556. The van der Waals surface area contributed by atoms with Crippen LogP contribution in [0.15, 0.2) is 24.3 Å². The van der Waals surface area contributed by atoms with Gasteiger partial charge >= 0.3 is 6.03 Å². The third kappa shape index (κ3) is 4.46. The van der Waals surface area contributed by atoms with Crippen LogP contribution in [-0.4, -0.2) is 23.8 Å². The van der Waals surface area contributed by atoms with Crippen LogP contribution < -0.4 is 10.6 Å². The van der Waals surface area contributed by atoms with Gasteiger partial charge in [-0.3, -0.25) is 0 Å². The molecule has 5 nitrogen and oxygen atoms in total. The molecule has 1 aromatic rings.